The Hall–Kier alpha value is -2.36. The van der Waals surface area contributed by atoms with E-state index in [1.54, 1.807) is 37.7 Å². The highest BCUT2D eigenvalue weighted by Crippen LogP contribution is 2.21. The molecule has 19 heavy (non-hydrogen) atoms. The number of aromatic nitrogens is 1. The Morgan fingerprint density at radius 3 is 2.84 bits per heavy atom. The maximum absolute atomic E-state index is 12.2. The van der Waals surface area contributed by atoms with Gasteiger partial charge < -0.3 is 10.1 Å². The minimum atomic E-state index is -0.201. The average Bonchev–Trinajstić information content (AvgIpc) is 2.47. The first kappa shape index (κ1) is 13.1. The second-order valence-electron chi connectivity index (χ2n) is 4.08. The molecule has 0 unspecified atom stereocenters. The SMILES string of the molecule is CCc1ccc(C(=O)Nc2cccnc2)c(OC)c1. The Labute approximate surface area is 112 Å². The summed E-state index contributed by atoms with van der Waals surface area (Å²) >= 11 is 0. The molecule has 2 aromatic rings. The van der Waals surface area contributed by atoms with Crippen molar-refractivity contribution in [1.82, 2.24) is 4.98 Å². The molecular weight excluding hydrogens is 240 g/mol. The number of amides is 1. The maximum atomic E-state index is 12.2. The molecule has 0 bridgehead atoms. The van der Waals surface area contributed by atoms with Gasteiger partial charge in [0.15, 0.2) is 0 Å². The van der Waals surface area contributed by atoms with Crippen molar-refractivity contribution in [2.45, 2.75) is 13.3 Å². The van der Waals surface area contributed by atoms with Crippen molar-refractivity contribution < 1.29 is 9.53 Å². The number of nitrogens with zero attached hydrogens (tertiary/aromatic N) is 1. The average molecular weight is 256 g/mol. The standard InChI is InChI=1S/C15H16N2O2/c1-3-11-6-7-13(14(9-11)19-2)15(18)17-12-5-4-8-16-10-12/h4-10H,3H2,1-2H3,(H,17,18). The number of hydrogen-bond acceptors (Lipinski definition) is 3. The van der Waals surface area contributed by atoms with Crippen molar-refractivity contribution in [2.24, 2.45) is 0 Å². The number of pyridine rings is 1. The van der Waals surface area contributed by atoms with E-state index >= 15 is 0 Å². The van der Waals surface area contributed by atoms with Gasteiger partial charge in [-0.3, -0.25) is 9.78 Å². The lowest BCUT2D eigenvalue weighted by Crippen LogP contribution is -2.13. The van der Waals surface area contributed by atoms with Gasteiger partial charge in [-0.15, -0.1) is 0 Å². The number of benzene rings is 1. The summed E-state index contributed by atoms with van der Waals surface area (Å²) in [5.41, 5.74) is 2.31. The maximum Gasteiger partial charge on any atom is 0.259 e. The molecule has 4 nitrogen and oxygen atoms in total. The van der Waals surface area contributed by atoms with E-state index in [2.05, 4.69) is 17.2 Å². The normalized spacial score (nSPS) is 10.0. The van der Waals surface area contributed by atoms with Gasteiger partial charge in [0.1, 0.15) is 5.75 Å². The molecule has 1 amide bonds. The van der Waals surface area contributed by atoms with E-state index in [0.29, 0.717) is 17.0 Å². The number of carbonyl (C=O) groups excluding carboxylic acids is 1. The number of anilines is 1. The van der Waals surface area contributed by atoms with Crippen LogP contribution in [-0.4, -0.2) is 18.0 Å². The van der Waals surface area contributed by atoms with E-state index in [1.165, 1.54) is 0 Å². The lowest BCUT2D eigenvalue weighted by atomic mass is 10.1. The molecule has 98 valence electrons. The molecule has 4 heteroatoms. The van der Waals surface area contributed by atoms with Crippen LogP contribution in [0, 0.1) is 0 Å². The van der Waals surface area contributed by atoms with Gasteiger partial charge in [-0.05, 0) is 36.2 Å². The highest BCUT2D eigenvalue weighted by atomic mass is 16.5. The minimum Gasteiger partial charge on any atom is -0.496 e. The van der Waals surface area contributed by atoms with Crippen molar-refractivity contribution in [3.63, 3.8) is 0 Å². The Bertz CT molecular complexity index is 568. The largest absolute Gasteiger partial charge is 0.496 e. The Morgan fingerprint density at radius 2 is 2.21 bits per heavy atom. The van der Waals surface area contributed by atoms with Gasteiger partial charge in [0.25, 0.3) is 5.91 Å². The molecule has 0 aliphatic heterocycles. The first-order chi connectivity index (χ1) is 9.24. The van der Waals surface area contributed by atoms with E-state index in [4.69, 9.17) is 4.74 Å². The third-order valence-corrected chi connectivity index (χ3v) is 2.84. The molecule has 1 N–H and O–H groups in total. The fourth-order valence-corrected chi connectivity index (χ4v) is 1.78. The van der Waals surface area contributed by atoms with Gasteiger partial charge >= 0.3 is 0 Å². The molecular formula is C15H16N2O2. The molecule has 0 aliphatic carbocycles. The molecule has 0 aliphatic rings. The summed E-state index contributed by atoms with van der Waals surface area (Å²) in [4.78, 5) is 16.1. The number of ether oxygens (including phenoxy) is 1. The molecule has 1 aromatic carbocycles. The highest BCUT2D eigenvalue weighted by molar-refractivity contribution is 6.06. The second kappa shape index (κ2) is 6.00. The molecule has 0 spiro atoms. The first-order valence-corrected chi connectivity index (χ1v) is 6.13. The van der Waals surface area contributed by atoms with E-state index in [-0.39, 0.29) is 5.91 Å². The summed E-state index contributed by atoms with van der Waals surface area (Å²) in [6.45, 7) is 2.06. The summed E-state index contributed by atoms with van der Waals surface area (Å²) in [7, 11) is 1.57. The van der Waals surface area contributed by atoms with Gasteiger partial charge in [0.05, 0.1) is 24.6 Å². The molecule has 0 saturated carbocycles. The number of hydrogen-bond donors (Lipinski definition) is 1. The zero-order valence-electron chi connectivity index (χ0n) is 11.0. The van der Waals surface area contributed by atoms with E-state index in [9.17, 15) is 4.79 Å². The van der Waals surface area contributed by atoms with Crippen molar-refractivity contribution in [1.29, 1.82) is 0 Å². The van der Waals surface area contributed by atoms with Crippen LogP contribution in [0.2, 0.25) is 0 Å². The lowest BCUT2D eigenvalue weighted by Gasteiger charge is -2.10. The predicted molar refractivity (Wildman–Crippen MR) is 74.6 cm³/mol. The number of rotatable bonds is 4. The van der Waals surface area contributed by atoms with Crippen molar-refractivity contribution in [3.8, 4) is 5.75 Å². The molecule has 2 rings (SSSR count). The summed E-state index contributed by atoms with van der Waals surface area (Å²) in [6, 6.07) is 9.16. The van der Waals surface area contributed by atoms with E-state index in [0.717, 1.165) is 12.0 Å². The van der Waals surface area contributed by atoms with Crippen molar-refractivity contribution in [2.75, 3.05) is 12.4 Å². The second-order valence-corrected chi connectivity index (χ2v) is 4.08. The number of nitrogens with one attached hydrogen (secondary N) is 1. The van der Waals surface area contributed by atoms with Crippen LogP contribution in [0.25, 0.3) is 0 Å². The van der Waals surface area contributed by atoms with Gasteiger partial charge in [-0.2, -0.15) is 0 Å². The monoisotopic (exact) mass is 256 g/mol. The molecule has 1 aromatic heterocycles. The quantitative estimate of drug-likeness (QED) is 0.915. The lowest BCUT2D eigenvalue weighted by molar-refractivity contribution is 0.102. The van der Waals surface area contributed by atoms with E-state index in [1.807, 2.05) is 12.1 Å². The van der Waals surface area contributed by atoms with Crippen LogP contribution in [-0.2, 0) is 6.42 Å². The minimum absolute atomic E-state index is 0.201. The van der Waals surface area contributed by atoms with Gasteiger partial charge in [-0.25, -0.2) is 0 Å². The molecule has 0 radical (unpaired) electrons. The van der Waals surface area contributed by atoms with Gasteiger partial charge in [-0.1, -0.05) is 13.0 Å². The number of methoxy groups -OCH3 is 1. The van der Waals surface area contributed by atoms with Crippen LogP contribution in [0.15, 0.2) is 42.7 Å². The van der Waals surface area contributed by atoms with Gasteiger partial charge in [0, 0.05) is 6.20 Å². The predicted octanol–water partition coefficient (Wildman–Crippen LogP) is 2.90. The summed E-state index contributed by atoms with van der Waals surface area (Å²) < 4.78 is 5.27. The van der Waals surface area contributed by atoms with Crippen LogP contribution in [0.1, 0.15) is 22.8 Å². The highest BCUT2D eigenvalue weighted by Gasteiger charge is 2.12. The summed E-state index contributed by atoms with van der Waals surface area (Å²) in [5, 5.41) is 2.79. The van der Waals surface area contributed by atoms with Crippen molar-refractivity contribution >= 4 is 11.6 Å². The Kier molecular flexibility index (Phi) is 4.13. The fraction of sp³-hybridized carbons (Fsp3) is 0.200. The Balaban J connectivity index is 2.24. The third-order valence-electron chi connectivity index (χ3n) is 2.84. The molecule has 1 heterocycles. The molecule has 0 saturated heterocycles. The van der Waals surface area contributed by atoms with Crippen LogP contribution >= 0.6 is 0 Å². The zero-order chi connectivity index (χ0) is 13.7. The number of carbonyl (C=O) groups is 1. The van der Waals surface area contributed by atoms with Crippen LogP contribution in [0.4, 0.5) is 5.69 Å². The summed E-state index contributed by atoms with van der Waals surface area (Å²) in [6.07, 6.45) is 4.16. The fourth-order valence-electron chi connectivity index (χ4n) is 1.78. The number of aryl methyl sites for hydroxylation is 1. The van der Waals surface area contributed by atoms with Crippen molar-refractivity contribution in [3.05, 3.63) is 53.9 Å². The van der Waals surface area contributed by atoms with Crippen LogP contribution in [0.3, 0.4) is 0 Å². The zero-order valence-corrected chi connectivity index (χ0v) is 11.0. The van der Waals surface area contributed by atoms with Crippen LogP contribution < -0.4 is 10.1 Å². The molecule has 0 atom stereocenters. The Morgan fingerprint density at radius 1 is 1.37 bits per heavy atom. The first-order valence-electron chi connectivity index (χ1n) is 6.13. The molecule has 0 fully saturated rings. The topological polar surface area (TPSA) is 51.2 Å². The third kappa shape index (κ3) is 3.10. The smallest absolute Gasteiger partial charge is 0.259 e. The van der Waals surface area contributed by atoms with Gasteiger partial charge in [0.2, 0.25) is 0 Å². The summed E-state index contributed by atoms with van der Waals surface area (Å²) in [5.74, 6) is 0.383. The van der Waals surface area contributed by atoms with Crippen LogP contribution in [0.5, 0.6) is 5.75 Å². The van der Waals surface area contributed by atoms with E-state index < -0.39 is 0 Å².